The highest BCUT2D eigenvalue weighted by Crippen LogP contribution is 2.07. The predicted octanol–water partition coefficient (Wildman–Crippen LogP) is -0.896. The molecule has 0 aromatic rings. The Morgan fingerprint density at radius 3 is 2.79 bits per heavy atom. The Balaban J connectivity index is 2.08. The van der Waals surface area contributed by atoms with Crippen molar-refractivity contribution in [3.05, 3.63) is 0 Å². The molecule has 1 heterocycles. The van der Waals surface area contributed by atoms with Crippen molar-refractivity contribution >= 4 is 5.97 Å². The van der Waals surface area contributed by atoms with Crippen molar-refractivity contribution in [2.45, 2.75) is 19.4 Å². The van der Waals surface area contributed by atoms with Gasteiger partial charge in [-0.2, -0.15) is 0 Å². The van der Waals surface area contributed by atoms with Crippen molar-refractivity contribution in [1.29, 1.82) is 0 Å². The third kappa shape index (κ3) is 6.33. The summed E-state index contributed by atoms with van der Waals surface area (Å²) in [5.41, 5.74) is 5.59. The number of esters is 1. The van der Waals surface area contributed by atoms with Crippen LogP contribution in [0.5, 0.6) is 0 Å². The number of hydrogen-bond acceptors (Lipinski definition) is 6. The molecule has 6 heteroatoms. The van der Waals surface area contributed by atoms with Gasteiger partial charge < -0.3 is 15.8 Å². The molecular formula is C13H28N4O2. The SMILES string of the molecule is COC(=O)CCNCCN1CCN(CCN)C[C@@H]1C. The zero-order chi connectivity index (χ0) is 14.1. The number of nitrogens with zero attached hydrogens (tertiary/aromatic N) is 2. The maximum Gasteiger partial charge on any atom is 0.306 e. The Morgan fingerprint density at radius 1 is 1.37 bits per heavy atom. The molecule has 1 aliphatic rings. The van der Waals surface area contributed by atoms with Crippen molar-refractivity contribution in [3.8, 4) is 0 Å². The predicted molar refractivity (Wildman–Crippen MR) is 76.0 cm³/mol. The van der Waals surface area contributed by atoms with E-state index < -0.39 is 0 Å². The Kier molecular flexibility index (Phi) is 7.97. The molecule has 19 heavy (non-hydrogen) atoms. The average Bonchev–Trinajstić information content (AvgIpc) is 2.40. The van der Waals surface area contributed by atoms with Gasteiger partial charge in [-0.1, -0.05) is 0 Å². The van der Waals surface area contributed by atoms with E-state index in [1.54, 1.807) is 0 Å². The van der Waals surface area contributed by atoms with E-state index in [-0.39, 0.29) is 5.97 Å². The number of carbonyl (C=O) groups excluding carboxylic acids is 1. The molecule has 1 rings (SSSR count). The minimum Gasteiger partial charge on any atom is -0.469 e. The molecule has 0 spiro atoms. The van der Waals surface area contributed by atoms with E-state index in [1.165, 1.54) is 7.11 Å². The van der Waals surface area contributed by atoms with Gasteiger partial charge in [-0.3, -0.25) is 14.6 Å². The summed E-state index contributed by atoms with van der Waals surface area (Å²) in [6.45, 7) is 9.92. The van der Waals surface area contributed by atoms with Gasteiger partial charge in [0.25, 0.3) is 0 Å². The van der Waals surface area contributed by atoms with Gasteiger partial charge >= 0.3 is 5.97 Å². The van der Waals surface area contributed by atoms with Gasteiger partial charge in [-0.25, -0.2) is 0 Å². The van der Waals surface area contributed by atoms with Crippen LogP contribution in [0.1, 0.15) is 13.3 Å². The van der Waals surface area contributed by atoms with Crippen LogP contribution in [0.4, 0.5) is 0 Å². The molecule has 0 amide bonds. The molecule has 0 radical (unpaired) electrons. The standard InChI is InChI=1S/C13H28N4O2/c1-12-11-16(7-4-14)9-10-17(12)8-6-15-5-3-13(18)19-2/h12,15H,3-11,14H2,1-2H3/t12-/m0/s1. The summed E-state index contributed by atoms with van der Waals surface area (Å²) in [4.78, 5) is 15.8. The molecule has 1 saturated heterocycles. The molecular weight excluding hydrogens is 244 g/mol. The zero-order valence-corrected chi connectivity index (χ0v) is 12.2. The van der Waals surface area contributed by atoms with E-state index in [9.17, 15) is 4.79 Å². The number of carbonyl (C=O) groups is 1. The van der Waals surface area contributed by atoms with Crippen LogP contribution >= 0.6 is 0 Å². The summed E-state index contributed by atoms with van der Waals surface area (Å²) in [5, 5.41) is 3.28. The van der Waals surface area contributed by atoms with Gasteiger partial charge in [0, 0.05) is 58.4 Å². The van der Waals surface area contributed by atoms with Crippen molar-refractivity contribution in [3.63, 3.8) is 0 Å². The summed E-state index contributed by atoms with van der Waals surface area (Å²) >= 11 is 0. The first-order chi connectivity index (χ1) is 9.17. The van der Waals surface area contributed by atoms with Crippen molar-refractivity contribution in [1.82, 2.24) is 15.1 Å². The van der Waals surface area contributed by atoms with Gasteiger partial charge in [0.1, 0.15) is 0 Å². The van der Waals surface area contributed by atoms with Crippen LogP contribution in [-0.4, -0.2) is 81.3 Å². The molecule has 0 unspecified atom stereocenters. The second kappa shape index (κ2) is 9.25. The van der Waals surface area contributed by atoms with E-state index in [0.29, 0.717) is 19.0 Å². The first-order valence-corrected chi connectivity index (χ1v) is 7.11. The smallest absolute Gasteiger partial charge is 0.306 e. The van der Waals surface area contributed by atoms with Gasteiger partial charge in [0.2, 0.25) is 0 Å². The lowest BCUT2D eigenvalue weighted by Crippen LogP contribution is -2.54. The van der Waals surface area contributed by atoms with Crippen LogP contribution in [0.3, 0.4) is 0 Å². The van der Waals surface area contributed by atoms with Crippen LogP contribution in [0.15, 0.2) is 0 Å². The highest BCUT2D eigenvalue weighted by atomic mass is 16.5. The number of nitrogens with one attached hydrogen (secondary N) is 1. The summed E-state index contributed by atoms with van der Waals surface area (Å²) in [6.07, 6.45) is 0.441. The molecule has 1 atom stereocenters. The Morgan fingerprint density at radius 2 is 2.16 bits per heavy atom. The zero-order valence-electron chi connectivity index (χ0n) is 12.2. The average molecular weight is 272 g/mol. The fourth-order valence-electron chi connectivity index (χ4n) is 2.43. The number of hydrogen-bond donors (Lipinski definition) is 2. The molecule has 0 bridgehead atoms. The van der Waals surface area contributed by atoms with Crippen molar-refractivity contribution < 1.29 is 9.53 Å². The van der Waals surface area contributed by atoms with Gasteiger partial charge in [0.15, 0.2) is 0 Å². The van der Waals surface area contributed by atoms with Crippen LogP contribution in [0.2, 0.25) is 0 Å². The Labute approximate surface area is 116 Å². The summed E-state index contributed by atoms with van der Waals surface area (Å²) < 4.78 is 4.59. The molecule has 0 saturated carbocycles. The van der Waals surface area contributed by atoms with Crippen molar-refractivity contribution in [2.75, 3.05) is 59.5 Å². The van der Waals surface area contributed by atoms with Crippen LogP contribution in [0.25, 0.3) is 0 Å². The van der Waals surface area contributed by atoms with E-state index in [4.69, 9.17) is 5.73 Å². The molecule has 6 nitrogen and oxygen atoms in total. The van der Waals surface area contributed by atoms with Gasteiger partial charge in [-0.05, 0) is 6.92 Å². The number of piperazine rings is 1. The summed E-state index contributed by atoms with van der Waals surface area (Å²) in [6, 6.07) is 0.572. The third-order valence-electron chi connectivity index (χ3n) is 3.60. The molecule has 0 aromatic carbocycles. The second-order valence-electron chi connectivity index (χ2n) is 5.05. The van der Waals surface area contributed by atoms with Gasteiger partial charge in [0.05, 0.1) is 13.5 Å². The number of ether oxygens (including phenoxy) is 1. The third-order valence-corrected chi connectivity index (χ3v) is 3.60. The highest BCUT2D eigenvalue weighted by molar-refractivity contribution is 5.69. The van der Waals surface area contributed by atoms with E-state index in [1.807, 2.05) is 0 Å². The van der Waals surface area contributed by atoms with Crippen molar-refractivity contribution in [2.24, 2.45) is 5.73 Å². The quantitative estimate of drug-likeness (QED) is 0.441. The molecule has 0 aromatic heterocycles. The number of nitrogens with two attached hydrogens (primary N) is 1. The summed E-state index contributed by atoms with van der Waals surface area (Å²) in [7, 11) is 1.42. The second-order valence-corrected chi connectivity index (χ2v) is 5.05. The largest absolute Gasteiger partial charge is 0.469 e. The number of methoxy groups -OCH3 is 1. The minimum atomic E-state index is -0.156. The molecule has 0 aliphatic carbocycles. The highest BCUT2D eigenvalue weighted by Gasteiger charge is 2.22. The number of rotatable bonds is 8. The van der Waals surface area contributed by atoms with E-state index in [0.717, 1.165) is 45.8 Å². The first-order valence-electron chi connectivity index (χ1n) is 7.11. The monoisotopic (exact) mass is 272 g/mol. The topological polar surface area (TPSA) is 70.8 Å². The van der Waals surface area contributed by atoms with Crippen LogP contribution in [-0.2, 0) is 9.53 Å². The summed E-state index contributed by atoms with van der Waals surface area (Å²) in [5.74, 6) is -0.156. The fraction of sp³-hybridized carbons (Fsp3) is 0.923. The minimum absolute atomic E-state index is 0.156. The lowest BCUT2D eigenvalue weighted by atomic mass is 10.2. The Bertz CT molecular complexity index is 263. The maximum atomic E-state index is 10.9. The van der Waals surface area contributed by atoms with E-state index in [2.05, 4.69) is 26.8 Å². The fourth-order valence-corrected chi connectivity index (χ4v) is 2.43. The van der Waals surface area contributed by atoms with Crippen LogP contribution in [0, 0.1) is 0 Å². The Hall–Kier alpha value is -0.690. The van der Waals surface area contributed by atoms with Crippen LogP contribution < -0.4 is 11.1 Å². The molecule has 1 fully saturated rings. The molecule has 112 valence electrons. The van der Waals surface area contributed by atoms with E-state index >= 15 is 0 Å². The molecule has 3 N–H and O–H groups in total. The van der Waals surface area contributed by atoms with Gasteiger partial charge in [-0.15, -0.1) is 0 Å². The maximum absolute atomic E-state index is 10.9. The normalized spacial score (nSPS) is 21.5. The first kappa shape index (κ1) is 16.4. The lowest BCUT2D eigenvalue weighted by Gasteiger charge is -2.39. The lowest BCUT2D eigenvalue weighted by molar-refractivity contribution is -0.140. The molecule has 1 aliphatic heterocycles.